The fraction of sp³-hybridized carbons (Fsp3) is 0.385. The van der Waals surface area contributed by atoms with Crippen molar-refractivity contribution in [2.45, 2.75) is 18.7 Å². The van der Waals surface area contributed by atoms with Gasteiger partial charge in [-0.1, -0.05) is 6.92 Å². The first-order valence-electron chi connectivity index (χ1n) is 6.15. The van der Waals surface area contributed by atoms with E-state index in [2.05, 4.69) is 0 Å². The normalized spacial score (nSPS) is 11.1. The Bertz CT molecular complexity index is 592. The van der Waals surface area contributed by atoms with Gasteiger partial charge in [0, 0.05) is 12.1 Å². The summed E-state index contributed by atoms with van der Waals surface area (Å²) in [5.41, 5.74) is 0.267. The maximum atomic E-state index is 12.1. The molecule has 1 N–H and O–H groups in total. The number of hydrogen-bond donors (Lipinski definition) is 1. The zero-order valence-corrected chi connectivity index (χ0v) is 12.2. The van der Waals surface area contributed by atoms with Crippen molar-refractivity contribution < 1.29 is 23.1 Å². The van der Waals surface area contributed by atoms with Gasteiger partial charge in [0.25, 0.3) is 5.91 Å². The summed E-state index contributed by atoms with van der Waals surface area (Å²) in [5.74, 6) is -1.54. The average molecular weight is 299 g/mol. The van der Waals surface area contributed by atoms with Gasteiger partial charge in [-0.25, -0.2) is 8.42 Å². The molecule has 0 atom stereocenters. The lowest BCUT2D eigenvalue weighted by atomic mass is 10.2. The summed E-state index contributed by atoms with van der Waals surface area (Å²) < 4.78 is 23.3. The van der Waals surface area contributed by atoms with E-state index < -0.39 is 21.7 Å². The standard InChI is InChI=1S/C13H17NO5S/c1-3-14(9-12(15)16)13(17)10-5-7-11(8-6-10)20(18,19)4-2/h5-8H,3-4,9H2,1-2H3,(H,15,16). The molecule has 1 amide bonds. The molecule has 0 aliphatic rings. The van der Waals surface area contributed by atoms with Gasteiger partial charge in [-0.2, -0.15) is 0 Å². The Hall–Kier alpha value is -1.89. The van der Waals surface area contributed by atoms with Crippen molar-refractivity contribution in [1.82, 2.24) is 4.90 Å². The molecule has 0 bridgehead atoms. The number of benzene rings is 1. The number of aliphatic carboxylic acids is 1. The Morgan fingerprint density at radius 3 is 2.10 bits per heavy atom. The maximum absolute atomic E-state index is 12.1. The molecule has 0 saturated carbocycles. The first-order valence-corrected chi connectivity index (χ1v) is 7.81. The number of carboxylic acid groups (broad SMARTS) is 1. The lowest BCUT2D eigenvalue weighted by molar-refractivity contribution is -0.137. The highest BCUT2D eigenvalue weighted by atomic mass is 32.2. The van der Waals surface area contributed by atoms with Crippen molar-refractivity contribution in [2.75, 3.05) is 18.8 Å². The molecule has 0 radical (unpaired) electrons. The Balaban J connectivity index is 2.98. The second-order valence-corrected chi connectivity index (χ2v) is 6.42. The van der Waals surface area contributed by atoms with Gasteiger partial charge in [0.05, 0.1) is 10.6 Å². The van der Waals surface area contributed by atoms with Crippen LogP contribution in [0.3, 0.4) is 0 Å². The second kappa shape index (κ2) is 6.51. The Kier molecular flexibility index (Phi) is 5.26. The molecule has 0 spiro atoms. The summed E-state index contributed by atoms with van der Waals surface area (Å²) in [4.78, 5) is 24.0. The summed E-state index contributed by atoms with van der Waals surface area (Å²) in [6.07, 6.45) is 0. The van der Waals surface area contributed by atoms with Gasteiger partial charge in [0.2, 0.25) is 0 Å². The van der Waals surface area contributed by atoms with Crippen molar-refractivity contribution in [2.24, 2.45) is 0 Å². The molecule has 1 aromatic carbocycles. The third-order valence-corrected chi connectivity index (χ3v) is 4.59. The highest BCUT2D eigenvalue weighted by Gasteiger charge is 2.18. The molecule has 0 aliphatic carbocycles. The number of carboxylic acids is 1. The fourth-order valence-electron chi connectivity index (χ4n) is 1.64. The van der Waals surface area contributed by atoms with Gasteiger partial charge in [-0.05, 0) is 31.2 Å². The van der Waals surface area contributed by atoms with E-state index in [1.165, 1.54) is 29.2 Å². The highest BCUT2D eigenvalue weighted by molar-refractivity contribution is 7.91. The van der Waals surface area contributed by atoms with E-state index in [0.717, 1.165) is 0 Å². The third kappa shape index (κ3) is 3.80. The smallest absolute Gasteiger partial charge is 0.323 e. The second-order valence-electron chi connectivity index (χ2n) is 4.14. The number of likely N-dealkylation sites (N-methyl/N-ethyl adjacent to an activating group) is 1. The summed E-state index contributed by atoms with van der Waals surface area (Å²) in [6.45, 7) is 3.10. The van der Waals surface area contributed by atoms with Crippen molar-refractivity contribution in [3.05, 3.63) is 29.8 Å². The number of amides is 1. The maximum Gasteiger partial charge on any atom is 0.323 e. The van der Waals surface area contributed by atoms with Crippen LogP contribution in [0.5, 0.6) is 0 Å². The number of rotatable bonds is 6. The number of nitrogens with zero attached hydrogens (tertiary/aromatic N) is 1. The molecular formula is C13H17NO5S. The van der Waals surface area contributed by atoms with E-state index in [1.54, 1.807) is 13.8 Å². The van der Waals surface area contributed by atoms with Crippen LogP contribution in [-0.2, 0) is 14.6 Å². The van der Waals surface area contributed by atoms with Crippen LogP contribution in [0.1, 0.15) is 24.2 Å². The van der Waals surface area contributed by atoms with Crippen LogP contribution in [0, 0.1) is 0 Å². The highest BCUT2D eigenvalue weighted by Crippen LogP contribution is 2.13. The molecule has 0 saturated heterocycles. The molecule has 0 heterocycles. The van der Waals surface area contributed by atoms with Crippen molar-refractivity contribution in [3.63, 3.8) is 0 Å². The van der Waals surface area contributed by atoms with Crippen LogP contribution < -0.4 is 0 Å². The Morgan fingerprint density at radius 2 is 1.70 bits per heavy atom. The summed E-state index contributed by atoms with van der Waals surface area (Å²) in [5, 5.41) is 8.72. The molecule has 0 fully saturated rings. The van der Waals surface area contributed by atoms with Gasteiger partial charge < -0.3 is 10.0 Å². The number of sulfone groups is 1. The number of carbonyl (C=O) groups is 2. The first kappa shape index (κ1) is 16.2. The predicted molar refractivity (Wildman–Crippen MR) is 73.4 cm³/mol. The first-order chi connectivity index (χ1) is 9.31. The third-order valence-electron chi connectivity index (χ3n) is 2.84. The molecule has 20 heavy (non-hydrogen) atoms. The fourth-order valence-corrected chi connectivity index (χ4v) is 2.53. The minimum Gasteiger partial charge on any atom is -0.480 e. The molecular weight excluding hydrogens is 282 g/mol. The van der Waals surface area contributed by atoms with E-state index in [4.69, 9.17) is 5.11 Å². The van der Waals surface area contributed by atoms with Gasteiger partial charge in [0.1, 0.15) is 6.54 Å². The van der Waals surface area contributed by atoms with E-state index in [-0.39, 0.29) is 29.3 Å². The summed E-state index contributed by atoms with van der Waals surface area (Å²) in [7, 11) is -3.30. The average Bonchev–Trinajstić information content (AvgIpc) is 2.44. The SMILES string of the molecule is CCN(CC(=O)O)C(=O)c1ccc(S(=O)(=O)CC)cc1. The molecule has 110 valence electrons. The van der Waals surface area contributed by atoms with Crippen molar-refractivity contribution in [3.8, 4) is 0 Å². The molecule has 1 rings (SSSR count). The van der Waals surface area contributed by atoms with Crippen LogP contribution in [0.4, 0.5) is 0 Å². The summed E-state index contributed by atoms with van der Waals surface area (Å²) >= 11 is 0. The molecule has 6 nitrogen and oxygen atoms in total. The van der Waals surface area contributed by atoms with Crippen LogP contribution >= 0.6 is 0 Å². The van der Waals surface area contributed by atoms with E-state index in [0.29, 0.717) is 0 Å². The minimum atomic E-state index is -3.30. The van der Waals surface area contributed by atoms with Crippen molar-refractivity contribution >= 4 is 21.7 Å². The van der Waals surface area contributed by atoms with Crippen molar-refractivity contribution in [1.29, 1.82) is 0 Å². The van der Waals surface area contributed by atoms with Crippen LogP contribution in [0.15, 0.2) is 29.2 Å². The lowest BCUT2D eigenvalue weighted by Crippen LogP contribution is -2.35. The van der Waals surface area contributed by atoms with E-state index in [1.807, 2.05) is 0 Å². The monoisotopic (exact) mass is 299 g/mol. The van der Waals surface area contributed by atoms with Gasteiger partial charge in [0.15, 0.2) is 9.84 Å². The van der Waals surface area contributed by atoms with Gasteiger partial charge >= 0.3 is 5.97 Å². The van der Waals surface area contributed by atoms with E-state index >= 15 is 0 Å². The number of carbonyl (C=O) groups excluding carboxylic acids is 1. The predicted octanol–water partition coefficient (Wildman–Crippen LogP) is 1.03. The van der Waals surface area contributed by atoms with Crippen LogP contribution in [0.2, 0.25) is 0 Å². The zero-order chi connectivity index (χ0) is 15.3. The number of hydrogen-bond acceptors (Lipinski definition) is 4. The van der Waals surface area contributed by atoms with Gasteiger partial charge in [-0.3, -0.25) is 9.59 Å². The summed E-state index contributed by atoms with van der Waals surface area (Å²) in [6, 6.07) is 5.52. The largest absolute Gasteiger partial charge is 0.480 e. The topological polar surface area (TPSA) is 91.8 Å². The lowest BCUT2D eigenvalue weighted by Gasteiger charge is -2.18. The van der Waals surface area contributed by atoms with Crippen LogP contribution in [0.25, 0.3) is 0 Å². The van der Waals surface area contributed by atoms with Crippen LogP contribution in [-0.4, -0.2) is 49.1 Å². The molecule has 7 heteroatoms. The Labute approximate surface area is 117 Å². The zero-order valence-electron chi connectivity index (χ0n) is 11.4. The quantitative estimate of drug-likeness (QED) is 0.847. The molecule has 0 aliphatic heterocycles. The molecule has 0 aromatic heterocycles. The van der Waals surface area contributed by atoms with E-state index in [9.17, 15) is 18.0 Å². The minimum absolute atomic E-state index is 0.0135. The molecule has 0 unspecified atom stereocenters. The molecule has 1 aromatic rings. The Morgan fingerprint density at radius 1 is 1.15 bits per heavy atom. The van der Waals surface area contributed by atoms with Gasteiger partial charge in [-0.15, -0.1) is 0 Å².